The van der Waals surface area contributed by atoms with Gasteiger partial charge in [0.25, 0.3) is 0 Å². The summed E-state index contributed by atoms with van der Waals surface area (Å²) in [7, 11) is 3.32. The van der Waals surface area contributed by atoms with Crippen molar-refractivity contribution in [3.63, 3.8) is 0 Å². The molecule has 0 heterocycles. The number of benzene rings is 1. The number of nitrogens with two attached hydrogens (primary N) is 1. The topological polar surface area (TPSA) is 53.7 Å². The summed E-state index contributed by atoms with van der Waals surface area (Å²) in [5.74, 6) is 5.87. The van der Waals surface area contributed by atoms with Crippen LogP contribution in [0.4, 0.5) is 0 Å². The van der Waals surface area contributed by atoms with Crippen LogP contribution in [0.15, 0.2) is 18.2 Å². The molecule has 0 saturated carbocycles. The Morgan fingerprint density at radius 1 is 1.27 bits per heavy atom. The first kappa shape index (κ1) is 12.0. The summed E-state index contributed by atoms with van der Waals surface area (Å²) in [6.07, 6.45) is 0.721. The fourth-order valence-corrected chi connectivity index (χ4v) is 1.54. The van der Waals surface area contributed by atoms with E-state index in [2.05, 4.69) is 4.84 Å². The van der Waals surface area contributed by atoms with E-state index in [1.54, 1.807) is 14.2 Å². The summed E-state index contributed by atoms with van der Waals surface area (Å²) >= 11 is 0. The maximum absolute atomic E-state index is 5.28. The molecule has 1 aromatic rings. The maximum atomic E-state index is 5.28. The molecule has 0 spiro atoms. The molecule has 0 aromatic heterocycles. The lowest BCUT2D eigenvalue weighted by Crippen LogP contribution is -2.07. The standard InChI is InChI=1S/C11H17NO3/c1-13-8-9-4-3-5-11(14-2)10(9)6-7-15-12/h3-5H,6-8,12H2,1-2H3. The Morgan fingerprint density at radius 3 is 2.67 bits per heavy atom. The van der Waals surface area contributed by atoms with Gasteiger partial charge >= 0.3 is 0 Å². The summed E-state index contributed by atoms with van der Waals surface area (Å²) < 4.78 is 10.4. The molecule has 0 aliphatic rings. The molecule has 4 nitrogen and oxygen atoms in total. The number of methoxy groups -OCH3 is 2. The molecule has 2 N–H and O–H groups in total. The van der Waals surface area contributed by atoms with Gasteiger partial charge in [0, 0.05) is 19.1 Å². The average molecular weight is 211 g/mol. The van der Waals surface area contributed by atoms with Crippen LogP contribution < -0.4 is 10.6 Å². The van der Waals surface area contributed by atoms with Gasteiger partial charge in [-0.2, -0.15) is 0 Å². The van der Waals surface area contributed by atoms with Crippen molar-refractivity contribution >= 4 is 0 Å². The van der Waals surface area contributed by atoms with Crippen LogP contribution in [0.1, 0.15) is 11.1 Å². The van der Waals surface area contributed by atoms with Crippen molar-refractivity contribution in [1.82, 2.24) is 0 Å². The number of rotatable bonds is 6. The largest absolute Gasteiger partial charge is 0.496 e. The molecular formula is C11H17NO3. The molecule has 15 heavy (non-hydrogen) atoms. The van der Waals surface area contributed by atoms with Gasteiger partial charge in [0.2, 0.25) is 0 Å². The summed E-state index contributed by atoms with van der Waals surface area (Å²) in [6.45, 7) is 1.04. The Kier molecular flexibility index (Phi) is 5.10. The lowest BCUT2D eigenvalue weighted by Gasteiger charge is -2.12. The molecule has 0 fully saturated rings. The van der Waals surface area contributed by atoms with Gasteiger partial charge < -0.3 is 14.3 Å². The average Bonchev–Trinajstić information content (AvgIpc) is 2.27. The minimum atomic E-state index is 0.469. The molecular weight excluding hydrogens is 194 g/mol. The summed E-state index contributed by atoms with van der Waals surface area (Å²) in [5.41, 5.74) is 2.20. The van der Waals surface area contributed by atoms with E-state index in [4.69, 9.17) is 15.4 Å². The molecule has 0 amide bonds. The van der Waals surface area contributed by atoms with Crippen LogP contribution in [-0.2, 0) is 22.6 Å². The van der Waals surface area contributed by atoms with Gasteiger partial charge in [-0.1, -0.05) is 12.1 Å². The van der Waals surface area contributed by atoms with E-state index in [1.165, 1.54) is 0 Å². The highest BCUT2D eigenvalue weighted by molar-refractivity contribution is 5.40. The van der Waals surface area contributed by atoms with Crippen molar-refractivity contribution in [2.45, 2.75) is 13.0 Å². The Hall–Kier alpha value is -1.10. The predicted molar refractivity (Wildman–Crippen MR) is 57.6 cm³/mol. The second kappa shape index (κ2) is 6.40. The van der Waals surface area contributed by atoms with Crippen LogP contribution >= 0.6 is 0 Å². The van der Waals surface area contributed by atoms with E-state index in [0.29, 0.717) is 13.2 Å². The quantitative estimate of drug-likeness (QED) is 0.720. The smallest absolute Gasteiger partial charge is 0.122 e. The van der Waals surface area contributed by atoms with E-state index in [9.17, 15) is 0 Å². The molecule has 0 saturated heterocycles. The predicted octanol–water partition coefficient (Wildman–Crippen LogP) is 1.27. The molecule has 1 aromatic carbocycles. The second-order valence-corrected chi connectivity index (χ2v) is 3.15. The zero-order valence-corrected chi connectivity index (χ0v) is 9.16. The van der Waals surface area contributed by atoms with Crippen molar-refractivity contribution in [2.75, 3.05) is 20.8 Å². The van der Waals surface area contributed by atoms with E-state index < -0.39 is 0 Å². The fourth-order valence-electron chi connectivity index (χ4n) is 1.54. The Morgan fingerprint density at radius 2 is 2.07 bits per heavy atom. The van der Waals surface area contributed by atoms with Crippen LogP contribution in [0.5, 0.6) is 5.75 Å². The summed E-state index contributed by atoms with van der Waals surface area (Å²) in [5, 5.41) is 0. The maximum Gasteiger partial charge on any atom is 0.122 e. The SMILES string of the molecule is COCc1cccc(OC)c1CCON. The second-order valence-electron chi connectivity index (χ2n) is 3.15. The Bertz CT molecular complexity index is 302. The Labute approximate surface area is 89.9 Å². The third-order valence-electron chi connectivity index (χ3n) is 2.22. The molecule has 1 rings (SSSR count). The molecule has 0 aliphatic carbocycles. The lowest BCUT2D eigenvalue weighted by atomic mass is 10.0. The van der Waals surface area contributed by atoms with Crippen molar-refractivity contribution in [3.8, 4) is 5.75 Å². The minimum absolute atomic E-state index is 0.469. The fraction of sp³-hybridized carbons (Fsp3) is 0.455. The van der Waals surface area contributed by atoms with E-state index in [1.807, 2.05) is 18.2 Å². The van der Waals surface area contributed by atoms with Gasteiger partial charge in [-0.15, -0.1) is 0 Å². The highest BCUT2D eigenvalue weighted by Crippen LogP contribution is 2.23. The highest BCUT2D eigenvalue weighted by Gasteiger charge is 2.08. The molecule has 0 aliphatic heterocycles. The van der Waals surface area contributed by atoms with E-state index in [0.717, 1.165) is 23.3 Å². The van der Waals surface area contributed by atoms with Gasteiger partial charge in [-0.25, -0.2) is 5.90 Å². The number of hydrogen-bond donors (Lipinski definition) is 1. The van der Waals surface area contributed by atoms with Gasteiger partial charge in [0.05, 0.1) is 20.3 Å². The minimum Gasteiger partial charge on any atom is -0.496 e. The Balaban J connectivity index is 2.92. The third kappa shape index (κ3) is 3.20. The van der Waals surface area contributed by atoms with Gasteiger partial charge in [0.15, 0.2) is 0 Å². The first-order valence-electron chi connectivity index (χ1n) is 4.78. The van der Waals surface area contributed by atoms with Crippen LogP contribution in [0.2, 0.25) is 0 Å². The lowest BCUT2D eigenvalue weighted by molar-refractivity contribution is 0.139. The number of ether oxygens (including phenoxy) is 2. The molecule has 0 atom stereocenters. The van der Waals surface area contributed by atoms with Gasteiger partial charge in [0.1, 0.15) is 5.75 Å². The molecule has 84 valence electrons. The first-order chi connectivity index (χ1) is 7.33. The van der Waals surface area contributed by atoms with Crippen molar-refractivity contribution in [1.29, 1.82) is 0 Å². The van der Waals surface area contributed by atoms with Gasteiger partial charge in [-0.05, 0) is 11.6 Å². The zero-order valence-electron chi connectivity index (χ0n) is 9.16. The van der Waals surface area contributed by atoms with Crippen LogP contribution in [0.3, 0.4) is 0 Å². The molecule has 0 unspecified atom stereocenters. The van der Waals surface area contributed by atoms with Crippen molar-refractivity contribution < 1.29 is 14.3 Å². The van der Waals surface area contributed by atoms with Crippen LogP contribution in [-0.4, -0.2) is 20.8 Å². The van der Waals surface area contributed by atoms with Crippen molar-refractivity contribution in [2.24, 2.45) is 5.90 Å². The van der Waals surface area contributed by atoms with Crippen molar-refractivity contribution in [3.05, 3.63) is 29.3 Å². The molecule has 4 heteroatoms. The number of hydrogen-bond acceptors (Lipinski definition) is 4. The molecule has 0 radical (unpaired) electrons. The van der Waals surface area contributed by atoms with Crippen LogP contribution in [0, 0.1) is 0 Å². The summed E-state index contributed by atoms with van der Waals surface area (Å²) in [6, 6.07) is 5.88. The molecule has 0 bridgehead atoms. The first-order valence-corrected chi connectivity index (χ1v) is 4.78. The highest BCUT2D eigenvalue weighted by atomic mass is 16.6. The normalized spacial score (nSPS) is 10.3. The van der Waals surface area contributed by atoms with Crippen LogP contribution in [0.25, 0.3) is 0 Å². The third-order valence-corrected chi connectivity index (χ3v) is 2.22. The zero-order chi connectivity index (χ0) is 11.1. The van der Waals surface area contributed by atoms with Gasteiger partial charge in [-0.3, -0.25) is 0 Å². The summed E-state index contributed by atoms with van der Waals surface area (Å²) in [4.78, 5) is 4.58. The monoisotopic (exact) mass is 211 g/mol. The van der Waals surface area contributed by atoms with E-state index in [-0.39, 0.29) is 0 Å². The van der Waals surface area contributed by atoms with E-state index >= 15 is 0 Å².